The van der Waals surface area contributed by atoms with Crippen LogP contribution in [0.5, 0.6) is 0 Å². The predicted octanol–water partition coefficient (Wildman–Crippen LogP) is 3.34. The highest BCUT2D eigenvalue weighted by molar-refractivity contribution is 5.95. The van der Waals surface area contributed by atoms with Gasteiger partial charge in [-0.1, -0.05) is 26.7 Å². The number of nitrogens with zero attached hydrogens (tertiary/aromatic N) is 2. The summed E-state index contributed by atoms with van der Waals surface area (Å²) in [6, 6.07) is 3.79. The van der Waals surface area contributed by atoms with E-state index in [1.165, 1.54) is 12.8 Å². The van der Waals surface area contributed by atoms with Gasteiger partial charge in [0.05, 0.1) is 0 Å². The Kier molecular flexibility index (Phi) is 5.59. The average Bonchev–Trinajstić information content (AvgIpc) is 2.54. The van der Waals surface area contributed by atoms with Crippen molar-refractivity contribution in [2.24, 2.45) is 5.92 Å². The van der Waals surface area contributed by atoms with Crippen LogP contribution in [0.1, 0.15) is 55.6 Å². The van der Waals surface area contributed by atoms with Crippen molar-refractivity contribution in [3.63, 3.8) is 0 Å². The molecule has 0 aromatic carbocycles. The minimum Gasteiger partial charge on any atom is -0.373 e. The van der Waals surface area contributed by atoms with E-state index in [4.69, 9.17) is 0 Å². The topological polar surface area (TPSA) is 45.2 Å². The Labute approximate surface area is 127 Å². The van der Waals surface area contributed by atoms with E-state index >= 15 is 0 Å². The summed E-state index contributed by atoms with van der Waals surface area (Å²) in [7, 11) is 1.84. The van der Waals surface area contributed by atoms with E-state index in [-0.39, 0.29) is 5.91 Å². The second-order valence-electron chi connectivity index (χ2n) is 5.86. The number of anilines is 1. The molecule has 0 saturated carbocycles. The Morgan fingerprint density at radius 3 is 2.62 bits per heavy atom. The number of nitrogens with one attached hydrogen (secondary N) is 1. The van der Waals surface area contributed by atoms with Gasteiger partial charge < -0.3 is 10.2 Å². The lowest BCUT2D eigenvalue weighted by atomic mass is 9.92. The average molecular weight is 289 g/mol. The number of carbonyl (C=O) groups excluding carboxylic acids is 1. The number of pyridine rings is 1. The fraction of sp³-hybridized carbons (Fsp3) is 0.647. The number of rotatable bonds is 5. The number of carbonyl (C=O) groups is 1. The smallest absolute Gasteiger partial charge is 0.254 e. The maximum atomic E-state index is 12.7. The molecule has 1 aromatic heterocycles. The Bertz CT molecular complexity index is 457. The zero-order valence-electron chi connectivity index (χ0n) is 13.5. The molecule has 1 aliphatic heterocycles. The van der Waals surface area contributed by atoms with Gasteiger partial charge in [-0.25, -0.2) is 4.98 Å². The normalized spacial score (nSPS) is 16.0. The van der Waals surface area contributed by atoms with Crippen molar-refractivity contribution in [1.82, 2.24) is 9.88 Å². The number of hydrogen-bond donors (Lipinski definition) is 1. The maximum absolute atomic E-state index is 12.7. The van der Waals surface area contributed by atoms with Crippen molar-refractivity contribution in [3.8, 4) is 0 Å². The van der Waals surface area contributed by atoms with Gasteiger partial charge in [0.2, 0.25) is 0 Å². The van der Waals surface area contributed by atoms with Gasteiger partial charge in [-0.2, -0.15) is 0 Å². The van der Waals surface area contributed by atoms with Gasteiger partial charge >= 0.3 is 0 Å². The molecule has 1 N–H and O–H groups in total. The van der Waals surface area contributed by atoms with Crippen LogP contribution in [0.3, 0.4) is 0 Å². The van der Waals surface area contributed by atoms with Crippen LogP contribution in [0.25, 0.3) is 0 Å². The summed E-state index contributed by atoms with van der Waals surface area (Å²) in [6.45, 7) is 6.08. The van der Waals surface area contributed by atoms with E-state index in [9.17, 15) is 4.79 Å². The summed E-state index contributed by atoms with van der Waals surface area (Å²) in [5, 5.41) is 3.04. The van der Waals surface area contributed by atoms with Gasteiger partial charge in [-0.15, -0.1) is 0 Å². The van der Waals surface area contributed by atoms with Gasteiger partial charge in [0.25, 0.3) is 5.91 Å². The van der Waals surface area contributed by atoms with Gasteiger partial charge in [-0.05, 0) is 37.3 Å². The first-order valence-electron chi connectivity index (χ1n) is 8.15. The SMILES string of the molecule is CCCC1CCN(C(=O)c2cc(CC)nc(NC)c2)CC1. The number of aromatic nitrogens is 1. The van der Waals surface area contributed by atoms with E-state index in [0.29, 0.717) is 0 Å². The molecule has 1 aromatic rings. The number of aryl methyl sites for hydroxylation is 1. The van der Waals surface area contributed by atoms with Gasteiger partial charge in [-0.3, -0.25) is 4.79 Å². The summed E-state index contributed by atoms with van der Waals surface area (Å²) in [6.07, 6.45) is 5.66. The van der Waals surface area contributed by atoms with Crippen LogP contribution < -0.4 is 5.32 Å². The quantitative estimate of drug-likeness (QED) is 0.904. The molecule has 2 rings (SSSR count). The predicted molar refractivity (Wildman–Crippen MR) is 86.7 cm³/mol. The van der Waals surface area contributed by atoms with E-state index in [0.717, 1.165) is 55.3 Å². The van der Waals surface area contributed by atoms with Crippen molar-refractivity contribution in [2.75, 3.05) is 25.5 Å². The van der Waals surface area contributed by atoms with Gasteiger partial charge in [0, 0.05) is 31.4 Å². The zero-order valence-corrected chi connectivity index (χ0v) is 13.5. The third-order valence-corrected chi connectivity index (χ3v) is 4.34. The Morgan fingerprint density at radius 2 is 2.05 bits per heavy atom. The molecule has 0 spiro atoms. The molecular weight excluding hydrogens is 262 g/mol. The number of likely N-dealkylation sites (tertiary alicyclic amines) is 1. The molecule has 1 saturated heterocycles. The Balaban J connectivity index is 2.06. The van der Waals surface area contributed by atoms with Crippen LogP contribution in [-0.2, 0) is 6.42 Å². The molecule has 4 nitrogen and oxygen atoms in total. The van der Waals surface area contributed by atoms with Crippen LogP contribution in [0.15, 0.2) is 12.1 Å². The summed E-state index contributed by atoms with van der Waals surface area (Å²) in [5.74, 6) is 1.73. The standard InChI is InChI=1S/C17H27N3O/c1-4-6-13-7-9-20(10-8-13)17(21)14-11-15(5-2)19-16(12-14)18-3/h11-13H,4-10H2,1-3H3,(H,18,19). The highest BCUT2D eigenvalue weighted by atomic mass is 16.2. The van der Waals surface area contributed by atoms with Gasteiger partial charge in [0.1, 0.15) is 5.82 Å². The van der Waals surface area contributed by atoms with Gasteiger partial charge in [0.15, 0.2) is 0 Å². The fourth-order valence-corrected chi connectivity index (χ4v) is 3.04. The zero-order chi connectivity index (χ0) is 15.2. The third kappa shape index (κ3) is 3.96. The number of hydrogen-bond acceptors (Lipinski definition) is 3. The highest BCUT2D eigenvalue weighted by Crippen LogP contribution is 2.23. The van der Waals surface area contributed by atoms with Crippen LogP contribution in [0, 0.1) is 5.92 Å². The van der Waals surface area contributed by atoms with E-state index in [1.54, 1.807) is 0 Å². The second kappa shape index (κ2) is 7.43. The first-order valence-corrected chi connectivity index (χ1v) is 8.15. The summed E-state index contributed by atoms with van der Waals surface area (Å²) < 4.78 is 0. The van der Waals surface area contributed by atoms with Crippen molar-refractivity contribution < 1.29 is 4.79 Å². The highest BCUT2D eigenvalue weighted by Gasteiger charge is 2.23. The molecule has 0 aliphatic carbocycles. The first-order chi connectivity index (χ1) is 10.2. The molecule has 1 fully saturated rings. The molecule has 4 heteroatoms. The fourth-order valence-electron chi connectivity index (χ4n) is 3.04. The van der Waals surface area contributed by atoms with E-state index < -0.39 is 0 Å². The molecule has 116 valence electrons. The van der Waals surface area contributed by atoms with Crippen molar-refractivity contribution in [1.29, 1.82) is 0 Å². The molecule has 0 unspecified atom stereocenters. The molecule has 21 heavy (non-hydrogen) atoms. The van der Waals surface area contributed by atoms with Crippen LogP contribution in [0.2, 0.25) is 0 Å². The summed E-state index contributed by atoms with van der Waals surface area (Å²) in [4.78, 5) is 19.1. The van der Waals surface area contributed by atoms with Crippen LogP contribution in [-0.4, -0.2) is 35.9 Å². The van der Waals surface area contributed by atoms with Crippen molar-refractivity contribution in [3.05, 3.63) is 23.4 Å². The van der Waals surface area contributed by atoms with Crippen molar-refractivity contribution in [2.45, 2.75) is 46.0 Å². The number of amides is 1. The maximum Gasteiger partial charge on any atom is 0.254 e. The second-order valence-corrected chi connectivity index (χ2v) is 5.86. The van der Waals surface area contributed by atoms with E-state index in [2.05, 4.69) is 24.1 Å². The lowest BCUT2D eigenvalue weighted by Crippen LogP contribution is -2.38. The van der Waals surface area contributed by atoms with Crippen LogP contribution in [0.4, 0.5) is 5.82 Å². The molecule has 1 aliphatic rings. The number of piperidine rings is 1. The summed E-state index contributed by atoms with van der Waals surface area (Å²) in [5.41, 5.74) is 1.73. The monoisotopic (exact) mass is 289 g/mol. The minimum absolute atomic E-state index is 0.151. The Hall–Kier alpha value is -1.58. The molecule has 2 heterocycles. The van der Waals surface area contributed by atoms with Crippen molar-refractivity contribution >= 4 is 11.7 Å². The molecular formula is C17H27N3O. The van der Waals surface area contributed by atoms with Crippen LogP contribution >= 0.6 is 0 Å². The third-order valence-electron chi connectivity index (χ3n) is 4.34. The van der Waals surface area contributed by atoms with E-state index in [1.807, 2.05) is 24.1 Å². The first kappa shape index (κ1) is 15.8. The minimum atomic E-state index is 0.151. The lowest BCUT2D eigenvalue weighted by Gasteiger charge is -2.32. The summed E-state index contributed by atoms with van der Waals surface area (Å²) >= 11 is 0. The molecule has 1 amide bonds. The largest absolute Gasteiger partial charge is 0.373 e. The molecule has 0 bridgehead atoms. The Morgan fingerprint density at radius 1 is 1.33 bits per heavy atom. The molecule has 0 radical (unpaired) electrons. The lowest BCUT2D eigenvalue weighted by molar-refractivity contribution is 0.0686. The molecule has 0 atom stereocenters.